The van der Waals surface area contributed by atoms with E-state index in [1.807, 2.05) is 0 Å². The van der Waals surface area contributed by atoms with Crippen LogP contribution < -0.4 is 21.3 Å². The average Bonchev–Trinajstić information content (AvgIpc) is 2.27. The summed E-state index contributed by atoms with van der Waals surface area (Å²) in [5.41, 5.74) is 9.81. The molecule has 4 N–H and O–H groups in total. The van der Waals surface area contributed by atoms with Gasteiger partial charge in [-0.2, -0.15) is 0 Å². The van der Waals surface area contributed by atoms with Crippen LogP contribution in [0.25, 0.3) is 0 Å². The van der Waals surface area contributed by atoms with Gasteiger partial charge in [0.15, 0.2) is 0 Å². The van der Waals surface area contributed by atoms with E-state index in [-0.39, 0.29) is 13.2 Å². The second-order valence-electron chi connectivity index (χ2n) is 2.75. The second-order valence-corrected chi connectivity index (χ2v) is 4.16. The third kappa shape index (κ3) is 25.9. The van der Waals surface area contributed by atoms with Crippen molar-refractivity contribution in [1.29, 1.82) is 0 Å². The van der Waals surface area contributed by atoms with Gasteiger partial charge in [-0.25, -0.2) is 0 Å². The minimum Gasteiger partial charge on any atom is -0.566 e. The minimum atomic E-state index is -2.76. The predicted molar refractivity (Wildman–Crippen MR) is 59.1 cm³/mol. The molecule has 0 bridgehead atoms. The van der Waals surface area contributed by atoms with Gasteiger partial charge in [0.2, 0.25) is 0 Å². The van der Waals surface area contributed by atoms with Gasteiger partial charge in [-0.15, -0.1) is 9.05 Å². The lowest BCUT2D eigenvalue weighted by Gasteiger charge is -1.95. The van der Waals surface area contributed by atoms with E-state index in [1.165, 1.54) is 0 Å². The molecule has 0 aliphatic rings. The van der Waals surface area contributed by atoms with Crippen LogP contribution in [-0.2, 0) is 18.2 Å². The van der Waals surface area contributed by atoms with Crippen LogP contribution in [0.1, 0.15) is 19.3 Å². The van der Waals surface area contributed by atoms with Crippen LogP contribution in [0.3, 0.4) is 0 Å². The normalized spacial score (nSPS) is 11.5. The van der Waals surface area contributed by atoms with Crippen LogP contribution in [0.5, 0.6) is 0 Å². The van der Waals surface area contributed by atoms with Crippen molar-refractivity contribution in [3.05, 3.63) is 0 Å². The maximum Gasteiger partial charge on any atom is 0.488 e. The summed E-state index contributed by atoms with van der Waals surface area (Å²) >= 11 is 0. The lowest BCUT2D eigenvalue weighted by molar-refractivity contribution is -0.186. The third-order valence-electron chi connectivity index (χ3n) is 1.35. The second kappa shape index (κ2) is 16.0. The Balaban J connectivity index is 0. The Morgan fingerprint density at radius 3 is 1.41 bits per heavy atom. The molecule has 0 heterocycles. The molecule has 0 aromatic carbocycles. The summed E-state index contributed by atoms with van der Waals surface area (Å²) in [6.45, 7) is 1.48. The van der Waals surface area contributed by atoms with Crippen LogP contribution >= 0.6 is 16.5 Å². The van der Waals surface area contributed by atoms with Gasteiger partial charge < -0.3 is 21.3 Å². The molecule has 0 saturated heterocycles. The van der Waals surface area contributed by atoms with Crippen molar-refractivity contribution in [2.45, 2.75) is 19.3 Å². The molecule has 0 spiro atoms. The smallest absolute Gasteiger partial charge is 0.488 e. The molecular formula is C7H18N2O6P2. The van der Waals surface area contributed by atoms with Gasteiger partial charge in [-0.1, -0.05) is 0 Å². The van der Waals surface area contributed by atoms with Crippen molar-refractivity contribution in [2.75, 3.05) is 26.3 Å². The molecule has 0 aliphatic carbocycles. The van der Waals surface area contributed by atoms with Crippen molar-refractivity contribution in [2.24, 2.45) is 11.5 Å². The molecule has 8 nitrogen and oxygen atoms in total. The van der Waals surface area contributed by atoms with Crippen LogP contribution in [0.4, 0.5) is 0 Å². The summed E-state index contributed by atoms with van der Waals surface area (Å²) < 4.78 is 28.3. The van der Waals surface area contributed by atoms with E-state index in [1.54, 1.807) is 0 Å². The van der Waals surface area contributed by atoms with E-state index in [9.17, 15) is 18.9 Å². The molecule has 0 fully saturated rings. The van der Waals surface area contributed by atoms with Crippen LogP contribution in [0, 0.1) is 0 Å². The molecule has 0 amide bonds. The molecule has 2 unspecified atom stereocenters. The molecule has 2 atom stereocenters. The minimum absolute atomic E-state index is 0.141. The molecule has 17 heavy (non-hydrogen) atoms. The third-order valence-corrected chi connectivity index (χ3v) is 2.14. The van der Waals surface area contributed by atoms with E-state index in [4.69, 9.17) is 11.5 Å². The first-order valence-corrected chi connectivity index (χ1v) is 7.18. The number of hydrogen-bond acceptors (Lipinski definition) is 8. The fraction of sp³-hybridized carbons (Fsp3) is 1.00. The highest BCUT2D eigenvalue weighted by atomic mass is 31.1. The fourth-order valence-corrected chi connectivity index (χ4v) is 1.22. The fourth-order valence-electron chi connectivity index (χ4n) is 0.659. The first-order valence-electron chi connectivity index (χ1n) is 4.99. The molecule has 0 aromatic rings. The Kier molecular flexibility index (Phi) is 18.1. The quantitative estimate of drug-likeness (QED) is 0.410. The predicted octanol–water partition coefficient (Wildman–Crippen LogP) is -0.871. The highest BCUT2D eigenvalue weighted by molar-refractivity contribution is 7.30. The van der Waals surface area contributed by atoms with Gasteiger partial charge in [0, 0.05) is 13.1 Å². The molecule has 10 heteroatoms. The van der Waals surface area contributed by atoms with E-state index in [2.05, 4.69) is 9.05 Å². The van der Waals surface area contributed by atoms with E-state index < -0.39 is 16.5 Å². The molecule has 0 radical (unpaired) electrons. The van der Waals surface area contributed by atoms with Crippen LogP contribution in [0.2, 0.25) is 0 Å². The van der Waals surface area contributed by atoms with Crippen molar-refractivity contribution < 1.29 is 28.0 Å². The maximum absolute atomic E-state index is 9.89. The number of rotatable bonds is 9. The summed E-state index contributed by atoms with van der Waals surface area (Å²) in [6.07, 6.45) is 1.82. The van der Waals surface area contributed by atoms with Crippen molar-refractivity contribution >= 4 is 16.5 Å². The Morgan fingerprint density at radius 2 is 1.18 bits per heavy atom. The van der Waals surface area contributed by atoms with E-state index in [0.717, 1.165) is 0 Å². The van der Waals surface area contributed by atoms with E-state index in [0.29, 0.717) is 32.4 Å². The molecule has 102 valence electrons. The summed E-state index contributed by atoms with van der Waals surface area (Å²) in [6, 6.07) is 0. The first-order chi connectivity index (χ1) is 8.04. The van der Waals surface area contributed by atoms with Crippen molar-refractivity contribution in [3.63, 3.8) is 0 Å². The van der Waals surface area contributed by atoms with Gasteiger partial charge in [-0.3, -0.25) is 0 Å². The highest BCUT2D eigenvalue weighted by Gasteiger charge is 2.02. The lowest BCUT2D eigenvalue weighted by atomic mass is 10.2. The maximum atomic E-state index is 9.89. The largest absolute Gasteiger partial charge is 0.566 e. The van der Waals surface area contributed by atoms with Gasteiger partial charge >= 0.3 is 16.5 Å². The number of unbranched alkanes of at least 4 members (excludes halogenated alkanes) is 2. The molecule has 0 saturated carbocycles. The van der Waals surface area contributed by atoms with Crippen molar-refractivity contribution in [3.8, 4) is 0 Å². The van der Waals surface area contributed by atoms with Gasteiger partial charge in [0.25, 0.3) is 0 Å². The molecule has 0 aliphatic heterocycles. The summed E-state index contributed by atoms with van der Waals surface area (Å²) in [7, 11) is -5.53. The van der Waals surface area contributed by atoms with Crippen LogP contribution in [-0.4, -0.2) is 26.3 Å². The number of nitrogens with two attached hydrogens (primary N) is 2. The Labute approximate surface area is 102 Å². The Hall–Kier alpha value is -0.0400. The molecule has 0 rings (SSSR count). The zero-order chi connectivity index (χ0) is 13.5. The summed E-state index contributed by atoms with van der Waals surface area (Å²) in [4.78, 5) is 19.8. The number of hydrogen-bond donors (Lipinski definition) is 2. The first kappa shape index (κ1) is 19.3. The summed E-state index contributed by atoms with van der Waals surface area (Å²) in [5, 5.41) is 0. The zero-order valence-electron chi connectivity index (χ0n) is 9.45. The summed E-state index contributed by atoms with van der Waals surface area (Å²) in [5.74, 6) is 0. The van der Waals surface area contributed by atoms with Crippen molar-refractivity contribution in [1.82, 2.24) is 0 Å². The Bertz CT molecular complexity index is 187. The van der Waals surface area contributed by atoms with Gasteiger partial charge in [0.1, 0.15) is 13.2 Å². The monoisotopic (exact) mass is 288 g/mol. The average molecular weight is 288 g/mol. The molecular weight excluding hydrogens is 270 g/mol. The Morgan fingerprint density at radius 1 is 0.824 bits per heavy atom. The van der Waals surface area contributed by atoms with Gasteiger partial charge in [0.05, 0.1) is 0 Å². The topological polar surface area (TPSA) is 151 Å². The van der Waals surface area contributed by atoms with E-state index >= 15 is 0 Å². The molecule has 0 aromatic heterocycles. The standard InChI is InChI=1S/C5H10O6P2.C2H8N2/c6-12(7)10-4-2-1-3-5-11-13(8)9;3-1-2-4/h1-5H2;1-4H2. The highest BCUT2D eigenvalue weighted by Crippen LogP contribution is 2.12. The zero-order valence-corrected chi connectivity index (χ0v) is 11.2. The van der Waals surface area contributed by atoms with Crippen LogP contribution in [0.15, 0.2) is 0 Å². The van der Waals surface area contributed by atoms with Gasteiger partial charge in [-0.05, 0) is 28.4 Å². The lowest BCUT2D eigenvalue weighted by Crippen LogP contribution is -2.11. The SMILES string of the molecule is NCCN.O=[P+]([O-])OCCCCCO[P+](=O)[O-].